The third-order valence-corrected chi connectivity index (χ3v) is 3.17. The lowest BCUT2D eigenvalue weighted by atomic mass is 10.00. The van der Waals surface area contributed by atoms with Gasteiger partial charge in [0.25, 0.3) is 0 Å². The van der Waals surface area contributed by atoms with Gasteiger partial charge in [0.05, 0.1) is 5.69 Å². The summed E-state index contributed by atoms with van der Waals surface area (Å²) in [6.45, 7) is 10.4. The number of benzene rings is 1. The fraction of sp³-hybridized carbons (Fsp3) is 0.471. The van der Waals surface area contributed by atoms with Gasteiger partial charge < -0.3 is 10.2 Å². The summed E-state index contributed by atoms with van der Waals surface area (Å²) in [4.78, 5) is 12.9. The van der Waals surface area contributed by atoms with Crippen LogP contribution in [0.25, 0.3) is 0 Å². The first kappa shape index (κ1) is 18.3. The zero-order valence-corrected chi connectivity index (χ0v) is 14.5. The second kappa shape index (κ2) is 6.20. The highest BCUT2D eigenvalue weighted by atomic mass is 35.5. The van der Waals surface area contributed by atoms with Gasteiger partial charge in [-0.2, -0.15) is 0 Å². The van der Waals surface area contributed by atoms with Gasteiger partial charge in [0.15, 0.2) is 0 Å². The van der Waals surface area contributed by atoms with Crippen LogP contribution in [0.3, 0.4) is 0 Å². The Kier molecular flexibility index (Phi) is 5.17. The maximum atomic E-state index is 11.6. The lowest BCUT2D eigenvalue weighted by molar-refractivity contribution is 0.143. The van der Waals surface area contributed by atoms with Crippen LogP contribution in [0.5, 0.6) is 0 Å². The first-order chi connectivity index (χ1) is 9.83. The monoisotopic (exact) mass is 323 g/mol. The van der Waals surface area contributed by atoms with E-state index in [1.807, 2.05) is 20.8 Å². The van der Waals surface area contributed by atoms with Crippen molar-refractivity contribution >= 4 is 23.4 Å². The number of hydrogen-bond acceptors (Lipinski definition) is 2. The first-order valence-electron chi connectivity index (χ1n) is 6.92. The van der Waals surface area contributed by atoms with Crippen molar-refractivity contribution in [1.82, 2.24) is 0 Å². The molecule has 0 fully saturated rings. The predicted octanol–water partition coefficient (Wildman–Crippen LogP) is 4.05. The summed E-state index contributed by atoms with van der Waals surface area (Å²) in [5, 5.41) is 19.7. The van der Waals surface area contributed by atoms with Crippen LogP contribution in [0.1, 0.15) is 45.7 Å². The minimum Gasteiger partial charge on any atom is -0.465 e. The Morgan fingerprint density at radius 1 is 1.23 bits per heavy atom. The molecule has 0 radical (unpaired) electrons. The lowest BCUT2D eigenvalue weighted by Gasteiger charge is -2.34. The predicted molar refractivity (Wildman–Crippen MR) is 89.6 cm³/mol. The number of anilines is 1. The van der Waals surface area contributed by atoms with Crippen molar-refractivity contribution in [3.05, 3.63) is 28.3 Å². The van der Waals surface area contributed by atoms with Gasteiger partial charge in [-0.1, -0.05) is 23.4 Å². The number of nitrogens with zero attached hydrogens (tertiary/aromatic N) is 1. The third-order valence-electron chi connectivity index (χ3n) is 2.95. The van der Waals surface area contributed by atoms with Crippen molar-refractivity contribution in [2.75, 3.05) is 4.90 Å². The number of aliphatic hydroxyl groups is 1. The summed E-state index contributed by atoms with van der Waals surface area (Å²) >= 11 is 6.12. The number of halogens is 1. The molecule has 1 rings (SSSR count). The highest BCUT2D eigenvalue weighted by molar-refractivity contribution is 6.31. The molecule has 0 unspecified atom stereocenters. The van der Waals surface area contributed by atoms with Crippen LogP contribution in [0.4, 0.5) is 10.5 Å². The Bertz CT molecular complexity index is 643. The van der Waals surface area contributed by atoms with Crippen LogP contribution in [0.2, 0.25) is 5.02 Å². The van der Waals surface area contributed by atoms with Gasteiger partial charge in [0.1, 0.15) is 5.60 Å². The fourth-order valence-corrected chi connectivity index (χ4v) is 2.21. The Morgan fingerprint density at radius 2 is 1.77 bits per heavy atom. The molecular formula is C17H22ClNO3. The smallest absolute Gasteiger partial charge is 0.412 e. The van der Waals surface area contributed by atoms with Gasteiger partial charge in [0, 0.05) is 16.1 Å². The van der Waals surface area contributed by atoms with Crippen LogP contribution in [-0.2, 0) is 0 Å². The average molecular weight is 324 g/mol. The van der Waals surface area contributed by atoms with Crippen molar-refractivity contribution in [2.45, 2.75) is 52.7 Å². The molecule has 0 atom stereocenters. The van der Waals surface area contributed by atoms with Crippen LogP contribution in [0.15, 0.2) is 12.1 Å². The van der Waals surface area contributed by atoms with Crippen molar-refractivity contribution in [3.63, 3.8) is 0 Å². The van der Waals surface area contributed by atoms with E-state index in [0.29, 0.717) is 21.8 Å². The molecule has 0 bridgehead atoms. The molecule has 1 aromatic rings. The van der Waals surface area contributed by atoms with Crippen molar-refractivity contribution in [3.8, 4) is 11.8 Å². The van der Waals surface area contributed by atoms with Gasteiger partial charge >= 0.3 is 6.09 Å². The number of hydrogen-bond donors (Lipinski definition) is 2. The normalized spacial score (nSPS) is 11.6. The zero-order valence-electron chi connectivity index (χ0n) is 13.8. The molecule has 1 aromatic carbocycles. The molecule has 0 saturated carbocycles. The summed E-state index contributed by atoms with van der Waals surface area (Å²) in [5.74, 6) is 5.60. The molecule has 120 valence electrons. The quantitative estimate of drug-likeness (QED) is 0.766. The van der Waals surface area contributed by atoms with E-state index < -0.39 is 17.2 Å². The molecule has 0 aliphatic carbocycles. The van der Waals surface area contributed by atoms with Gasteiger partial charge in [-0.25, -0.2) is 4.79 Å². The second-order valence-electron chi connectivity index (χ2n) is 6.70. The van der Waals surface area contributed by atoms with Gasteiger partial charge in [-0.3, -0.25) is 4.90 Å². The maximum Gasteiger partial charge on any atom is 0.412 e. The Labute approximate surface area is 136 Å². The summed E-state index contributed by atoms with van der Waals surface area (Å²) in [6.07, 6.45) is -1.06. The molecule has 0 aliphatic rings. The Morgan fingerprint density at radius 3 is 2.18 bits per heavy atom. The minimum absolute atomic E-state index is 0.399. The largest absolute Gasteiger partial charge is 0.465 e. The highest BCUT2D eigenvalue weighted by Crippen LogP contribution is 2.32. The van der Waals surface area contributed by atoms with E-state index in [1.165, 1.54) is 4.90 Å². The van der Waals surface area contributed by atoms with E-state index in [9.17, 15) is 15.0 Å². The van der Waals surface area contributed by atoms with Crippen molar-refractivity contribution in [1.29, 1.82) is 0 Å². The minimum atomic E-state index is -1.13. The first-order valence-corrected chi connectivity index (χ1v) is 7.29. The molecule has 0 spiro atoms. The molecule has 4 nitrogen and oxygen atoms in total. The fourth-order valence-electron chi connectivity index (χ4n) is 2.00. The summed E-state index contributed by atoms with van der Waals surface area (Å²) in [7, 11) is 0. The van der Waals surface area contributed by atoms with Crippen molar-refractivity contribution < 1.29 is 15.0 Å². The summed E-state index contributed by atoms with van der Waals surface area (Å²) in [5.41, 5.74) is 0.0411. The lowest BCUT2D eigenvalue weighted by Crippen LogP contribution is -2.45. The van der Waals surface area contributed by atoms with Crippen LogP contribution >= 0.6 is 11.6 Å². The molecule has 0 heterocycles. The Balaban J connectivity index is 3.53. The Hall–Kier alpha value is -1.70. The molecule has 0 aromatic heterocycles. The van der Waals surface area contributed by atoms with E-state index in [4.69, 9.17) is 11.6 Å². The summed E-state index contributed by atoms with van der Waals surface area (Å²) in [6, 6.07) is 3.29. The van der Waals surface area contributed by atoms with Gasteiger partial charge in [0.2, 0.25) is 0 Å². The molecule has 5 heteroatoms. The highest BCUT2D eigenvalue weighted by Gasteiger charge is 2.29. The third kappa shape index (κ3) is 4.66. The molecule has 22 heavy (non-hydrogen) atoms. The summed E-state index contributed by atoms with van der Waals surface area (Å²) < 4.78 is 0. The van der Waals surface area contributed by atoms with Crippen LogP contribution in [-0.4, -0.2) is 27.4 Å². The van der Waals surface area contributed by atoms with Gasteiger partial charge in [-0.15, -0.1) is 0 Å². The van der Waals surface area contributed by atoms with Crippen LogP contribution < -0.4 is 4.90 Å². The number of amides is 1. The number of carboxylic acid groups (broad SMARTS) is 1. The van der Waals surface area contributed by atoms with Crippen LogP contribution in [0, 0.1) is 18.8 Å². The maximum absolute atomic E-state index is 11.6. The van der Waals surface area contributed by atoms with E-state index in [-0.39, 0.29) is 0 Å². The second-order valence-corrected chi connectivity index (χ2v) is 7.13. The standard InChI is InChI=1S/C17H22ClNO3/c1-11-12(7-8-17(5,6)22)9-13(18)10-14(11)19(15(20)21)16(2,3)4/h9-10,22H,1-6H3,(H,20,21). The molecule has 0 aliphatic heterocycles. The average Bonchev–Trinajstić information content (AvgIpc) is 2.28. The van der Waals surface area contributed by atoms with Gasteiger partial charge in [-0.05, 0) is 59.2 Å². The SMILES string of the molecule is Cc1c(C#CC(C)(C)O)cc(Cl)cc1N(C(=O)O)C(C)(C)C. The van der Waals surface area contributed by atoms with E-state index >= 15 is 0 Å². The molecular weight excluding hydrogens is 302 g/mol. The van der Waals surface area contributed by atoms with E-state index in [1.54, 1.807) is 32.9 Å². The zero-order chi connectivity index (χ0) is 17.3. The number of rotatable bonds is 1. The number of carbonyl (C=O) groups is 1. The van der Waals surface area contributed by atoms with E-state index in [0.717, 1.165) is 0 Å². The molecule has 1 amide bonds. The topological polar surface area (TPSA) is 60.8 Å². The molecule has 0 saturated heterocycles. The van der Waals surface area contributed by atoms with Crippen molar-refractivity contribution in [2.24, 2.45) is 0 Å². The van der Waals surface area contributed by atoms with E-state index in [2.05, 4.69) is 11.8 Å². The molecule has 2 N–H and O–H groups in total.